The molecule has 7 unspecified atom stereocenters. The van der Waals surface area contributed by atoms with Crippen LogP contribution in [0.3, 0.4) is 0 Å². The lowest BCUT2D eigenvalue weighted by Gasteiger charge is -2.42. The van der Waals surface area contributed by atoms with Crippen molar-refractivity contribution in [3.8, 4) is 5.75 Å². The molecule has 0 aliphatic carbocycles. The molecule has 0 saturated carbocycles. The summed E-state index contributed by atoms with van der Waals surface area (Å²) in [5.41, 5.74) is -0.479. The minimum absolute atomic E-state index is 0.0310. The van der Waals surface area contributed by atoms with E-state index in [0.717, 1.165) is 11.1 Å². The van der Waals surface area contributed by atoms with Gasteiger partial charge in [-0.15, -0.1) is 0 Å². The summed E-state index contributed by atoms with van der Waals surface area (Å²) < 4.78 is 22.4. The third-order valence-corrected chi connectivity index (χ3v) is 8.36. The zero-order valence-corrected chi connectivity index (χ0v) is 23.8. The minimum Gasteiger partial charge on any atom is -0.495 e. The second-order valence-corrected chi connectivity index (χ2v) is 11.2. The van der Waals surface area contributed by atoms with E-state index in [1.807, 2.05) is 32.1 Å². The van der Waals surface area contributed by atoms with E-state index in [9.17, 15) is 19.8 Å². The standard InChI is InChI=1S/C28H37ClN2O8/c1-15-8-7-9-22(37-6)28(35)14-20(38-26(34)30-28)16(2)25-27(3,39-25)21(32)13-23(33)31(4)18-11-17(10-15)12-19(36-5)24(18)29/h7-9,11-12,16,20-22,25,32,35H,10,13-14H2,1-6H3,(H,30,34)/b9-7?,15-8+. The van der Waals surface area contributed by atoms with Gasteiger partial charge in [0.1, 0.15) is 28.6 Å². The van der Waals surface area contributed by atoms with Crippen molar-refractivity contribution in [2.24, 2.45) is 5.92 Å². The Bertz CT molecular complexity index is 1190. The van der Waals surface area contributed by atoms with Gasteiger partial charge in [0.2, 0.25) is 5.91 Å². The number of anilines is 1. The Morgan fingerprint density at radius 2 is 1.97 bits per heavy atom. The molecule has 2 saturated heterocycles. The smallest absolute Gasteiger partial charge is 0.409 e. The van der Waals surface area contributed by atoms with Crippen LogP contribution in [0.2, 0.25) is 5.02 Å². The van der Waals surface area contributed by atoms with Crippen LogP contribution in [0.25, 0.3) is 0 Å². The van der Waals surface area contributed by atoms with Crippen LogP contribution in [-0.2, 0) is 25.4 Å². The quantitative estimate of drug-likeness (QED) is 0.467. The van der Waals surface area contributed by atoms with Crippen LogP contribution in [0.4, 0.5) is 10.5 Å². The molecule has 0 radical (unpaired) electrons. The molecule has 3 heterocycles. The fourth-order valence-electron chi connectivity index (χ4n) is 5.46. The molecular weight excluding hydrogens is 528 g/mol. The third-order valence-electron chi connectivity index (χ3n) is 7.98. The molecule has 2 fully saturated rings. The Hall–Kier alpha value is -2.63. The summed E-state index contributed by atoms with van der Waals surface area (Å²) in [6.07, 6.45) is 1.63. The molecule has 2 amide bonds. The van der Waals surface area contributed by atoms with Gasteiger partial charge in [-0.05, 0) is 38.0 Å². The maximum Gasteiger partial charge on any atom is 0.409 e. The van der Waals surface area contributed by atoms with E-state index in [-0.39, 0.29) is 23.8 Å². The van der Waals surface area contributed by atoms with Crippen molar-refractivity contribution in [1.82, 2.24) is 5.32 Å². The summed E-state index contributed by atoms with van der Waals surface area (Å²) in [5.74, 6) is -0.323. The summed E-state index contributed by atoms with van der Waals surface area (Å²) in [7, 11) is 4.56. The molecule has 0 aromatic heterocycles. The zero-order chi connectivity index (χ0) is 28.7. The topological polar surface area (TPSA) is 130 Å². The van der Waals surface area contributed by atoms with Crippen molar-refractivity contribution in [3.63, 3.8) is 0 Å². The van der Waals surface area contributed by atoms with E-state index < -0.39 is 47.8 Å². The highest BCUT2D eigenvalue weighted by Crippen LogP contribution is 2.48. The SMILES string of the molecule is COc1cc2cc(c1Cl)N(C)C(=O)CC(O)C1(C)OC1C(C)C1CC(O)(NC(=O)O1)C(OC)C=C/C=C(\C)C2. The number of amides is 2. The zero-order valence-electron chi connectivity index (χ0n) is 23.1. The number of aliphatic hydroxyl groups excluding tert-OH is 1. The number of epoxide rings is 1. The number of ether oxygens (including phenoxy) is 4. The van der Waals surface area contributed by atoms with Crippen molar-refractivity contribution < 1.29 is 38.7 Å². The van der Waals surface area contributed by atoms with E-state index in [2.05, 4.69) is 5.32 Å². The number of carbonyl (C=O) groups is 2. The Labute approximate surface area is 233 Å². The summed E-state index contributed by atoms with van der Waals surface area (Å²) in [6, 6.07) is 3.63. The molecule has 214 valence electrons. The number of aliphatic hydroxyl groups is 2. The highest BCUT2D eigenvalue weighted by molar-refractivity contribution is 6.35. The van der Waals surface area contributed by atoms with Gasteiger partial charge >= 0.3 is 6.09 Å². The average Bonchev–Trinajstić information content (AvgIpc) is 3.58. The molecule has 4 rings (SSSR count). The van der Waals surface area contributed by atoms with Crippen molar-refractivity contribution in [2.75, 3.05) is 26.2 Å². The monoisotopic (exact) mass is 564 g/mol. The molecule has 3 aliphatic heterocycles. The maximum absolute atomic E-state index is 13.3. The van der Waals surface area contributed by atoms with E-state index in [0.29, 0.717) is 17.9 Å². The number of methoxy groups -OCH3 is 2. The number of rotatable bonds is 2. The molecule has 3 aliphatic rings. The number of carbonyl (C=O) groups excluding carboxylic acids is 2. The fourth-order valence-corrected chi connectivity index (χ4v) is 5.78. The minimum atomic E-state index is -1.73. The number of allylic oxidation sites excluding steroid dienone is 3. The van der Waals surface area contributed by atoms with E-state index in [1.165, 1.54) is 19.1 Å². The van der Waals surface area contributed by atoms with Crippen LogP contribution in [0.1, 0.15) is 39.2 Å². The molecule has 11 heteroatoms. The van der Waals surface area contributed by atoms with Gasteiger partial charge in [0.15, 0.2) is 5.72 Å². The van der Waals surface area contributed by atoms with Gasteiger partial charge in [0.05, 0.1) is 31.4 Å². The predicted molar refractivity (Wildman–Crippen MR) is 145 cm³/mol. The first-order chi connectivity index (χ1) is 18.3. The first-order valence-corrected chi connectivity index (χ1v) is 13.3. The number of nitrogens with zero attached hydrogens (tertiary/aromatic N) is 1. The van der Waals surface area contributed by atoms with E-state index >= 15 is 0 Å². The van der Waals surface area contributed by atoms with Crippen molar-refractivity contribution >= 4 is 29.3 Å². The lowest BCUT2D eigenvalue weighted by Crippen LogP contribution is -2.63. The molecule has 0 spiro atoms. The number of benzene rings is 1. The Balaban J connectivity index is 1.74. The first kappa shape index (κ1) is 29.4. The summed E-state index contributed by atoms with van der Waals surface area (Å²) in [4.78, 5) is 27.1. The number of nitrogens with one attached hydrogen (secondary N) is 1. The van der Waals surface area contributed by atoms with Gasteiger partial charge in [-0.25, -0.2) is 4.79 Å². The van der Waals surface area contributed by atoms with Gasteiger partial charge < -0.3 is 34.1 Å². The third kappa shape index (κ3) is 5.81. The molecule has 10 nitrogen and oxygen atoms in total. The van der Waals surface area contributed by atoms with Gasteiger partial charge in [-0.3, -0.25) is 10.1 Å². The normalized spacial score (nSPS) is 36.8. The molecule has 1 aromatic carbocycles. The number of hydrogen-bond donors (Lipinski definition) is 3. The first-order valence-electron chi connectivity index (χ1n) is 12.9. The van der Waals surface area contributed by atoms with Crippen LogP contribution < -0.4 is 15.0 Å². The summed E-state index contributed by atoms with van der Waals surface area (Å²) in [6.45, 7) is 5.48. The second kappa shape index (κ2) is 11.1. The van der Waals surface area contributed by atoms with Crippen LogP contribution in [-0.4, -0.2) is 79.2 Å². The second-order valence-electron chi connectivity index (χ2n) is 10.8. The van der Waals surface area contributed by atoms with Crippen LogP contribution in [0.5, 0.6) is 5.75 Å². The number of hydrogen-bond acceptors (Lipinski definition) is 8. The van der Waals surface area contributed by atoms with Gasteiger partial charge in [0, 0.05) is 26.5 Å². The van der Waals surface area contributed by atoms with Crippen LogP contribution in [0, 0.1) is 5.92 Å². The maximum atomic E-state index is 13.3. The van der Waals surface area contributed by atoms with Crippen LogP contribution >= 0.6 is 11.6 Å². The lowest BCUT2D eigenvalue weighted by molar-refractivity contribution is -0.142. The number of halogens is 1. The van der Waals surface area contributed by atoms with Crippen molar-refractivity contribution in [1.29, 1.82) is 0 Å². The number of alkyl carbamates (subject to hydrolysis) is 1. The van der Waals surface area contributed by atoms with Gasteiger partial charge in [-0.2, -0.15) is 0 Å². The Morgan fingerprint density at radius 3 is 2.64 bits per heavy atom. The average molecular weight is 565 g/mol. The van der Waals surface area contributed by atoms with Gasteiger partial charge in [0.25, 0.3) is 0 Å². The number of fused-ring (bicyclic) bond motifs is 5. The molecule has 1 aromatic rings. The van der Waals surface area contributed by atoms with Gasteiger partial charge in [-0.1, -0.05) is 42.3 Å². The highest BCUT2D eigenvalue weighted by Gasteiger charge is 2.62. The Kier molecular flexibility index (Phi) is 8.35. The highest BCUT2D eigenvalue weighted by atomic mass is 35.5. The largest absolute Gasteiger partial charge is 0.495 e. The lowest BCUT2D eigenvalue weighted by atomic mass is 9.84. The van der Waals surface area contributed by atoms with E-state index in [1.54, 1.807) is 26.1 Å². The molecular formula is C28H37ClN2O8. The van der Waals surface area contributed by atoms with Crippen molar-refractivity contribution in [2.45, 2.75) is 75.8 Å². The predicted octanol–water partition coefficient (Wildman–Crippen LogP) is 3.12. The van der Waals surface area contributed by atoms with Crippen LogP contribution in [0.15, 0.2) is 35.9 Å². The molecule has 39 heavy (non-hydrogen) atoms. The molecule has 4 bridgehead atoms. The van der Waals surface area contributed by atoms with E-state index in [4.69, 9.17) is 30.5 Å². The molecule has 3 N–H and O–H groups in total. The Morgan fingerprint density at radius 1 is 1.26 bits per heavy atom. The fraction of sp³-hybridized carbons (Fsp3) is 0.571. The van der Waals surface area contributed by atoms with Crippen molar-refractivity contribution in [3.05, 3.63) is 46.5 Å². The summed E-state index contributed by atoms with van der Waals surface area (Å²) in [5, 5.41) is 25.3. The molecule has 7 atom stereocenters. The summed E-state index contributed by atoms with van der Waals surface area (Å²) >= 11 is 6.58.